The summed E-state index contributed by atoms with van der Waals surface area (Å²) in [6, 6.07) is 17.8. The minimum atomic E-state index is -0.0224. The SMILES string of the molecule is CCN(Cc1ccc(C(=O)N(C)C)cc1)C(=O)c1cc2sc3ccccc3c2s1. The lowest BCUT2D eigenvalue weighted by atomic mass is 10.1. The quantitative estimate of drug-likeness (QED) is 0.427. The van der Waals surface area contributed by atoms with Gasteiger partial charge in [-0.2, -0.15) is 0 Å². The van der Waals surface area contributed by atoms with Gasteiger partial charge in [-0.3, -0.25) is 9.59 Å². The van der Waals surface area contributed by atoms with E-state index < -0.39 is 0 Å². The fourth-order valence-electron chi connectivity index (χ4n) is 3.32. The van der Waals surface area contributed by atoms with E-state index in [2.05, 4.69) is 12.1 Å². The fraction of sp³-hybridized carbons (Fsp3) is 0.217. The summed E-state index contributed by atoms with van der Waals surface area (Å²) in [5.41, 5.74) is 1.66. The predicted molar refractivity (Wildman–Crippen MR) is 122 cm³/mol. The van der Waals surface area contributed by atoms with E-state index in [0.29, 0.717) is 18.7 Å². The molecule has 29 heavy (non-hydrogen) atoms. The van der Waals surface area contributed by atoms with Crippen molar-refractivity contribution in [3.63, 3.8) is 0 Å². The van der Waals surface area contributed by atoms with Crippen LogP contribution in [-0.2, 0) is 6.54 Å². The van der Waals surface area contributed by atoms with Gasteiger partial charge in [-0.05, 0) is 36.8 Å². The van der Waals surface area contributed by atoms with Crippen molar-refractivity contribution in [2.45, 2.75) is 13.5 Å². The molecule has 0 spiro atoms. The third-order valence-electron chi connectivity index (χ3n) is 4.91. The summed E-state index contributed by atoms with van der Waals surface area (Å²) in [5, 5.41) is 1.22. The third kappa shape index (κ3) is 3.78. The Kier molecular flexibility index (Phi) is 5.39. The number of hydrogen-bond acceptors (Lipinski definition) is 4. The zero-order valence-electron chi connectivity index (χ0n) is 16.6. The second-order valence-electron chi connectivity index (χ2n) is 7.12. The van der Waals surface area contributed by atoms with Gasteiger partial charge in [-0.15, -0.1) is 22.7 Å². The minimum Gasteiger partial charge on any atom is -0.345 e. The second kappa shape index (κ2) is 7.97. The molecule has 2 aromatic heterocycles. The Morgan fingerprint density at radius 1 is 0.897 bits per heavy atom. The summed E-state index contributed by atoms with van der Waals surface area (Å²) < 4.78 is 3.62. The number of carbonyl (C=O) groups excluding carboxylic acids is 2. The molecule has 4 rings (SSSR count). The number of fused-ring (bicyclic) bond motifs is 3. The van der Waals surface area contributed by atoms with E-state index in [0.717, 1.165) is 10.4 Å². The van der Waals surface area contributed by atoms with Crippen molar-refractivity contribution in [3.05, 3.63) is 70.6 Å². The van der Waals surface area contributed by atoms with Gasteiger partial charge in [0.2, 0.25) is 0 Å². The Balaban J connectivity index is 1.55. The molecule has 0 radical (unpaired) electrons. The summed E-state index contributed by atoms with van der Waals surface area (Å²) in [5.74, 6) is 0.0317. The van der Waals surface area contributed by atoms with Crippen LogP contribution in [0, 0.1) is 0 Å². The predicted octanol–water partition coefficient (Wildman–Crippen LogP) is 5.48. The number of carbonyl (C=O) groups is 2. The Morgan fingerprint density at radius 2 is 1.62 bits per heavy atom. The zero-order valence-corrected chi connectivity index (χ0v) is 18.3. The topological polar surface area (TPSA) is 40.6 Å². The van der Waals surface area contributed by atoms with E-state index in [4.69, 9.17) is 0 Å². The summed E-state index contributed by atoms with van der Waals surface area (Å²) in [7, 11) is 3.48. The molecule has 0 unspecified atom stereocenters. The van der Waals surface area contributed by atoms with E-state index >= 15 is 0 Å². The maximum atomic E-state index is 13.1. The number of benzene rings is 2. The minimum absolute atomic E-state index is 0.0224. The Labute approximate surface area is 178 Å². The Bertz CT molecular complexity index is 1190. The first kappa shape index (κ1) is 19.6. The van der Waals surface area contributed by atoms with E-state index in [9.17, 15) is 9.59 Å². The molecule has 4 nitrogen and oxygen atoms in total. The van der Waals surface area contributed by atoms with Crippen LogP contribution in [0.4, 0.5) is 0 Å². The van der Waals surface area contributed by atoms with Crippen LogP contribution >= 0.6 is 22.7 Å². The highest BCUT2D eigenvalue weighted by atomic mass is 32.1. The first-order valence-corrected chi connectivity index (χ1v) is 11.1. The summed E-state index contributed by atoms with van der Waals surface area (Å²) in [6.45, 7) is 3.15. The second-order valence-corrected chi connectivity index (χ2v) is 9.25. The molecular formula is C23H22N2O2S2. The van der Waals surface area contributed by atoms with E-state index in [1.165, 1.54) is 19.5 Å². The molecule has 0 bridgehead atoms. The monoisotopic (exact) mass is 422 g/mol. The number of rotatable bonds is 5. The van der Waals surface area contributed by atoms with E-state index in [-0.39, 0.29) is 11.8 Å². The summed E-state index contributed by atoms with van der Waals surface area (Å²) in [4.78, 5) is 29.4. The molecule has 4 aromatic rings. The van der Waals surface area contributed by atoms with Gasteiger partial charge >= 0.3 is 0 Å². The highest BCUT2D eigenvalue weighted by molar-refractivity contribution is 7.33. The maximum Gasteiger partial charge on any atom is 0.264 e. The highest BCUT2D eigenvalue weighted by Gasteiger charge is 2.19. The Morgan fingerprint density at radius 3 is 2.31 bits per heavy atom. The van der Waals surface area contributed by atoms with Crippen LogP contribution in [0.15, 0.2) is 54.6 Å². The maximum absolute atomic E-state index is 13.1. The lowest BCUT2D eigenvalue weighted by molar-refractivity contribution is 0.0756. The number of amides is 2. The lowest BCUT2D eigenvalue weighted by Crippen LogP contribution is -2.29. The van der Waals surface area contributed by atoms with Crippen LogP contribution < -0.4 is 0 Å². The number of thiophene rings is 2. The van der Waals surface area contributed by atoms with Crippen LogP contribution in [-0.4, -0.2) is 42.3 Å². The number of nitrogens with zero attached hydrogens (tertiary/aromatic N) is 2. The van der Waals surface area contributed by atoms with Crippen LogP contribution in [0.3, 0.4) is 0 Å². The van der Waals surface area contributed by atoms with Gasteiger partial charge in [0.15, 0.2) is 0 Å². The number of hydrogen-bond donors (Lipinski definition) is 0. The molecule has 2 heterocycles. The summed E-state index contributed by atoms with van der Waals surface area (Å²) >= 11 is 3.31. The van der Waals surface area contributed by atoms with Crippen LogP contribution in [0.2, 0.25) is 0 Å². The van der Waals surface area contributed by atoms with Crippen LogP contribution in [0.5, 0.6) is 0 Å². The standard InChI is InChI=1S/C23H22N2O2S2/c1-4-25(14-15-9-11-16(12-10-15)22(26)24(2)3)23(27)20-13-19-21(29-20)17-7-5-6-8-18(17)28-19/h5-13H,4,14H2,1-3H3. The van der Waals surface area contributed by atoms with Crippen molar-refractivity contribution >= 4 is 54.0 Å². The van der Waals surface area contributed by atoms with Crippen molar-refractivity contribution in [3.8, 4) is 0 Å². The molecule has 0 aliphatic carbocycles. The van der Waals surface area contributed by atoms with Gasteiger partial charge < -0.3 is 9.80 Å². The van der Waals surface area contributed by atoms with Crippen LogP contribution in [0.1, 0.15) is 32.5 Å². The molecular weight excluding hydrogens is 400 g/mol. The van der Waals surface area contributed by atoms with Gasteiger partial charge in [-0.1, -0.05) is 30.3 Å². The first-order valence-electron chi connectivity index (χ1n) is 9.49. The molecule has 2 amide bonds. The molecule has 0 aliphatic rings. The van der Waals surface area contributed by atoms with Crippen molar-refractivity contribution in [1.82, 2.24) is 9.80 Å². The van der Waals surface area contributed by atoms with E-state index in [1.807, 2.05) is 54.3 Å². The Hall–Kier alpha value is -2.70. The average molecular weight is 423 g/mol. The molecule has 0 fully saturated rings. The molecule has 0 saturated heterocycles. The van der Waals surface area contributed by atoms with Gasteiger partial charge in [0.1, 0.15) is 0 Å². The zero-order chi connectivity index (χ0) is 20.5. The van der Waals surface area contributed by atoms with Crippen molar-refractivity contribution in [2.24, 2.45) is 0 Å². The first-order chi connectivity index (χ1) is 14.0. The van der Waals surface area contributed by atoms with Crippen molar-refractivity contribution in [1.29, 1.82) is 0 Å². The van der Waals surface area contributed by atoms with Gasteiger partial charge in [0.25, 0.3) is 11.8 Å². The smallest absolute Gasteiger partial charge is 0.264 e. The summed E-state index contributed by atoms with van der Waals surface area (Å²) in [6.07, 6.45) is 0. The molecule has 0 saturated carbocycles. The average Bonchev–Trinajstić information content (AvgIpc) is 3.29. The molecule has 0 N–H and O–H groups in total. The van der Waals surface area contributed by atoms with Crippen molar-refractivity contribution in [2.75, 3.05) is 20.6 Å². The molecule has 6 heteroatoms. The molecule has 0 aliphatic heterocycles. The van der Waals surface area contributed by atoms with Gasteiger partial charge in [0, 0.05) is 47.5 Å². The van der Waals surface area contributed by atoms with E-state index in [1.54, 1.807) is 41.7 Å². The van der Waals surface area contributed by atoms with Gasteiger partial charge in [0.05, 0.1) is 9.58 Å². The molecule has 0 atom stereocenters. The fourth-order valence-corrected chi connectivity index (χ4v) is 5.81. The highest BCUT2D eigenvalue weighted by Crippen LogP contribution is 2.39. The normalized spacial score (nSPS) is 11.1. The van der Waals surface area contributed by atoms with Gasteiger partial charge in [-0.25, -0.2) is 0 Å². The molecule has 2 aromatic carbocycles. The largest absolute Gasteiger partial charge is 0.345 e. The van der Waals surface area contributed by atoms with Crippen molar-refractivity contribution < 1.29 is 9.59 Å². The third-order valence-corrected chi connectivity index (χ3v) is 7.31. The lowest BCUT2D eigenvalue weighted by Gasteiger charge is -2.20. The van der Waals surface area contributed by atoms with Crippen LogP contribution in [0.25, 0.3) is 19.5 Å². The molecule has 148 valence electrons.